The van der Waals surface area contributed by atoms with Crippen LogP contribution < -0.4 is 11.2 Å². The molecule has 1 fully saturated rings. The Bertz CT molecular complexity index is 865. The Kier molecular flexibility index (Phi) is 4.32. The number of hydrogen-bond acceptors (Lipinski definition) is 5. The van der Waals surface area contributed by atoms with Crippen LogP contribution in [0, 0.1) is 13.8 Å². The first kappa shape index (κ1) is 16.2. The molecule has 1 amide bonds. The van der Waals surface area contributed by atoms with Crippen molar-refractivity contribution in [3.8, 4) is 0 Å². The molecule has 0 saturated carbocycles. The molecular weight excluding hydrogens is 312 g/mol. The highest BCUT2D eigenvalue weighted by Crippen LogP contribution is 2.24. The van der Waals surface area contributed by atoms with Gasteiger partial charge in [-0.05, 0) is 26.7 Å². The Morgan fingerprint density at radius 2 is 2.17 bits per heavy atom. The monoisotopic (exact) mass is 332 g/mol. The molecule has 0 unspecified atom stereocenters. The molecule has 0 aromatic carbocycles. The van der Waals surface area contributed by atoms with Crippen LogP contribution in [0.5, 0.6) is 0 Å². The Hall–Kier alpha value is -2.71. The maximum atomic E-state index is 12.5. The Morgan fingerprint density at radius 1 is 1.38 bits per heavy atom. The summed E-state index contributed by atoms with van der Waals surface area (Å²) in [5.41, 5.74) is -0.603. The zero-order valence-electron chi connectivity index (χ0n) is 13.7. The smallest absolute Gasteiger partial charge is 0.328 e. The summed E-state index contributed by atoms with van der Waals surface area (Å²) in [6, 6.07) is 0. The van der Waals surface area contributed by atoms with E-state index in [1.807, 2.05) is 6.92 Å². The van der Waals surface area contributed by atoms with E-state index < -0.39 is 11.2 Å². The number of piperidine rings is 1. The minimum atomic E-state index is -0.572. The summed E-state index contributed by atoms with van der Waals surface area (Å²) in [7, 11) is 0. The zero-order chi connectivity index (χ0) is 17.3. The predicted molar refractivity (Wildman–Crippen MR) is 85.7 cm³/mol. The van der Waals surface area contributed by atoms with Gasteiger partial charge in [0.15, 0.2) is 5.82 Å². The lowest BCUT2D eigenvalue weighted by Crippen LogP contribution is -2.43. The summed E-state index contributed by atoms with van der Waals surface area (Å²) in [6.07, 6.45) is 3.21. The van der Waals surface area contributed by atoms with Crippen molar-refractivity contribution in [3.05, 3.63) is 44.2 Å². The van der Waals surface area contributed by atoms with Crippen LogP contribution in [-0.4, -0.2) is 48.6 Å². The molecule has 0 aliphatic carbocycles. The van der Waals surface area contributed by atoms with Gasteiger partial charge in [0.2, 0.25) is 5.91 Å². The van der Waals surface area contributed by atoms with Crippen molar-refractivity contribution < 1.29 is 4.79 Å². The van der Waals surface area contributed by atoms with Crippen molar-refractivity contribution in [2.24, 2.45) is 0 Å². The molecule has 2 N–H and O–H groups in total. The first-order chi connectivity index (χ1) is 11.4. The first-order valence-electron chi connectivity index (χ1n) is 7.91. The number of aromatic nitrogens is 5. The second kappa shape index (κ2) is 6.42. The van der Waals surface area contributed by atoms with Crippen LogP contribution >= 0.6 is 0 Å². The van der Waals surface area contributed by atoms with Gasteiger partial charge < -0.3 is 4.90 Å². The van der Waals surface area contributed by atoms with Crippen LogP contribution in [0.15, 0.2) is 15.8 Å². The van der Waals surface area contributed by atoms with Gasteiger partial charge in [-0.1, -0.05) is 0 Å². The minimum Gasteiger partial charge on any atom is -0.340 e. The van der Waals surface area contributed by atoms with Crippen molar-refractivity contribution in [1.29, 1.82) is 0 Å². The number of likely N-dealkylation sites (tertiary alicyclic amines) is 1. The standard InChI is InChI=1S/C15H20N6O3/c1-9-6-21(15(24)17-14(9)23)8-12(22)20-5-3-4-11(7-20)13-16-10(2)18-19-13/h6,11H,3-5,7-8H2,1-2H3,(H,16,18,19)(H,17,23,24)/t11-/m0/s1. The Morgan fingerprint density at radius 3 is 2.88 bits per heavy atom. The molecule has 24 heavy (non-hydrogen) atoms. The van der Waals surface area contributed by atoms with Crippen molar-refractivity contribution in [1.82, 2.24) is 29.6 Å². The molecule has 9 nitrogen and oxygen atoms in total. The van der Waals surface area contributed by atoms with Gasteiger partial charge in [0.1, 0.15) is 12.4 Å². The first-order valence-corrected chi connectivity index (χ1v) is 7.91. The molecule has 0 spiro atoms. The average molecular weight is 332 g/mol. The molecule has 9 heteroatoms. The summed E-state index contributed by atoms with van der Waals surface area (Å²) in [6.45, 7) is 4.54. The van der Waals surface area contributed by atoms with E-state index in [0.29, 0.717) is 18.7 Å². The van der Waals surface area contributed by atoms with Gasteiger partial charge in [-0.25, -0.2) is 9.78 Å². The Labute approximate surface area is 137 Å². The summed E-state index contributed by atoms with van der Waals surface area (Å²) in [5, 5.41) is 7.01. The van der Waals surface area contributed by atoms with Crippen molar-refractivity contribution >= 4 is 5.91 Å². The molecule has 1 atom stereocenters. The number of carbonyl (C=O) groups is 1. The highest BCUT2D eigenvalue weighted by molar-refractivity contribution is 5.76. The van der Waals surface area contributed by atoms with E-state index in [9.17, 15) is 14.4 Å². The van der Waals surface area contributed by atoms with Crippen molar-refractivity contribution in [2.45, 2.75) is 39.2 Å². The molecule has 1 aliphatic rings. The lowest BCUT2D eigenvalue weighted by molar-refractivity contribution is -0.133. The van der Waals surface area contributed by atoms with E-state index in [0.717, 1.165) is 24.5 Å². The fourth-order valence-electron chi connectivity index (χ4n) is 2.94. The lowest BCUT2D eigenvalue weighted by Gasteiger charge is -2.31. The predicted octanol–water partition coefficient (Wildman–Crippen LogP) is -0.322. The quantitative estimate of drug-likeness (QED) is 0.799. The van der Waals surface area contributed by atoms with Crippen LogP contribution in [0.1, 0.15) is 36.0 Å². The molecule has 1 saturated heterocycles. The maximum Gasteiger partial charge on any atom is 0.328 e. The number of nitrogens with zero attached hydrogens (tertiary/aromatic N) is 4. The normalized spacial score (nSPS) is 17.9. The third kappa shape index (κ3) is 3.29. The van der Waals surface area contributed by atoms with E-state index in [-0.39, 0.29) is 18.4 Å². The number of H-pyrrole nitrogens is 2. The van der Waals surface area contributed by atoms with Gasteiger partial charge in [-0.3, -0.25) is 24.2 Å². The molecule has 0 radical (unpaired) electrons. The van der Waals surface area contributed by atoms with E-state index in [2.05, 4.69) is 20.2 Å². The highest BCUT2D eigenvalue weighted by atomic mass is 16.2. The van der Waals surface area contributed by atoms with Crippen LogP contribution in [0.25, 0.3) is 0 Å². The Balaban J connectivity index is 1.72. The summed E-state index contributed by atoms with van der Waals surface area (Å²) >= 11 is 0. The van der Waals surface area contributed by atoms with Gasteiger partial charge in [0.05, 0.1) is 0 Å². The molecule has 3 heterocycles. The van der Waals surface area contributed by atoms with Crippen molar-refractivity contribution in [2.75, 3.05) is 13.1 Å². The summed E-state index contributed by atoms with van der Waals surface area (Å²) in [5.74, 6) is 1.42. The number of hydrogen-bond donors (Lipinski definition) is 2. The van der Waals surface area contributed by atoms with E-state index in [1.54, 1.807) is 11.8 Å². The fourth-order valence-corrected chi connectivity index (χ4v) is 2.94. The third-order valence-electron chi connectivity index (χ3n) is 4.25. The SMILES string of the molecule is Cc1nc([C@H]2CCCN(C(=O)Cn3cc(C)c(=O)[nH]c3=O)C2)n[nH]1. The lowest BCUT2D eigenvalue weighted by atomic mass is 9.97. The number of carbonyl (C=O) groups excluding carboxylic acids is 1. The number of amides is 1. The largest absolute Gasteiger partial charge is 0.340 e. The summed E-state index contributed by atoms with van der Waals surface area (Å²) < 4.78 is 1.24. The second-order valence-corrected chi connectivity index (χ2v) is 6.16. The van der Waals surface area contributed by atoms with Gasteiger partial charge in [0, 0.05) is 30.8 Å². The van der Waals surface area contributed by atoms with Gasteiger partial charge in [0.25, 0.3) is 5.56 Å². The fraction of sp³-hybridized carbons (Fsp3) is 0.533. The second-order valence-electron chi connectivity index (χ2n) is 6.16. The molecule has 2 aromatic heterocycles. The van der Waals surface area contributed by atoms with Crippen LogP contribution in [0.4, 0.5) is 0 Å². The number of rotatable bonds is 3. The minimum absolute atomic E-state index is 0.0871. The van der Waals surface area contributed by atoms with Crippen molar-refractivity contribution in [3.63, 3.8) is 0 Å². The van der Waals surface area contributed by atoms with Gasteiger partial charge in [-0.2, -0.15) is 5.10 Å². The number of aryl methyl sites for hydroxylation is 2. The molecule has 2 aromatic rings. The molecule has 1 aliphatic heterocycles. The molecule has 0 bridgehead atoms. The van der Waals surface area contributed by atoms with E-state index >= 15 is 0 Å². The maximum absolute atomic E-state index is 12.5. The van der Waals surface area contributed by atoms with Crippen LogP contribution in [0.2, 0.25) is 0 Å². The molecular formula is C15H20N6O3. The third-order valence-corrected chi connectivity index (χ3v) is 4.25. The highest BCUT2D eigenvalue weighted by Gasteiger charge is 2.27. The van der Waals surface area contributed by atoms with Gasteiger partial charge in [-0.15, -0.1) is 0 Å². The number of nitrogens with one attached hydrogen (secondary N) is 2. The van der Waals surface area contributed by atoms with Gasteiger partial charge >= 0.3 is 5.69 Å². The van der Waals surface area contributed by atoms with Crippen LogP contribution in [0.3, 0.4) is 0 Å². The topological polar surface area (TPSA) is 117 Å². The summed E-state index contributed by atoms with van der Waals surface area (Å²) in [4.78, 5) is 44.0. The van der Waals surface area contributed by atoms with E-state index in [1.165, 1.54) is 10.8 Å². The number of aromatic amines is 2. The molecule has 3 rings (SSSR count). The average Bonchev–Trinajstić information content (AvgIpc) is 2.99. The van der Waals surface area contributed by atoms with Crippen LogP contribution in [-0.2, 0) is 11.3 Å². The molecule has 128 valence electrons. The van der Waals surface area contributed by atoms with E-state index in [4.69, 9.17) is 0 Å². The zero-order valence-corrected chi connectivity index (χ0v) is 13.7.